The molecule has 1 rings (SSSR count). The van der Waals surface area contributed by atoms with E-state index in [9.17, 15) is 9.90 Å². The minimum absolute atomic E-state index is 0.110. The molecule has 1 aromatic rings. The van der Waals surface area contributed by atoms with Crippen LogP contribution in [0.2, 0.25) is 0 Å². The molecule has 5 nitrogen and oxygen atoms in total. The van der Waals surface area contributed by atoms with Crippen LogP contribution in [0, 0.1) is 0 Å². The van der Waals surface area contributed by atoms with Gasteiger partial charge in [-0.25, -0.2) is 4.79 Å². The fourth-order valence-electron chi connectivity index (χ4n) is 1.30. The molecule has 0 heterocycles. The summed E-state index contributed by atoms with van der Waals surface area (Å²) in [6, 6.07) is 8.69. The predicted octanol–water partition coefficient (Wildman–Crippen LogP) is 1.91. The van der Waals surface area contributed by atoms with Crippen LogP contribution in [0.4, 0.5) is 4.79 Å². The van der Waals surface area contributed by atoms with Crippen molar-refractivity contribution < 1.29 is 19.4 Å². The number of nitrogens with one attached hydrogen (secondary N) is 1. The number of aliphatic hydroxyl groups excluding tert-OH is 1. The van der Waals surface area contributed by atoms with Gasteiger partial charge < -0.3 is 14.6 Å². The SMILES string of the molecule is CC(C)OC(NC(=O)Oc1ccccc1)C(C)O. The number of carbonyl (C=O) groups is 1. The maximum Gasteiger partial charge on any atom is 0.414 e. The van der Waals surface area contributed by atoms with Gasteiger partial charge in [0.1, 0.15) is 5.75 Å². The van der Waals surface area contributed by atoms with Gasteiger partial charge >= 0.3 is 6.09 Å². The van der Waals surface area contributed by atoms with Gasteiger partial charge in [-0.05, 0) is 32.9 Å². The molecule has 0 saturated heterocycles. The molecule has 2 N–H and O–H groups in total. The number of amides is 1. The summed E-state index contributed by atoms with van der Waals surface area (Å²) in [5, 5.41) is 11.9. The fraction of sp³-hybridized carbons (Fsp3) is 0.462. The average Bonchev–Trinajstić information content (AvgIpc) is 2.28. The molecular formula is C13H19NO4. The van der Waals surface area contributed by atoms with E-state index in [2.05, 4.69) is 5.32 Å². The molecule has 0 aliphatic carbocycles. The van der Waals surface area contributed by atoms with Crippen LogP contribution in [0.5, 0.6) is 5.75 Å². The first-order chi connectivity index (χ1) is 8.49. The molecular weight excluding hydrogens is 234 g/mol. The summed E-state index contributed by atoms with van der Waals surface area (Å²) < 4.78 is 10.4. The third-order valence-corrected chi connectivity index (χ3v) is 2.07. The first-order valence-electron chi connectivity index (χ1n) is 5.86. The van der Waals surface area contributed by atoms with E-state index >= 15 is 0 Å². The number of rotatable bonds is 5. The van der Waals surface area contributed by atoms with Gasteiger partial charge in [0.25, 0.3) is 0 Å². The van der Waals surface area contributed by atoms with Gasteiger partial charge in [0.15, 0.2) is 6.23 Å². The molecule has 0 bridgehead atoms. The molecule has 0 aliphatic heterocycles. The van der Waals surface area contributed by atoms with Gasteiger partial charge in [-0.1, -0.05) is 18.2 Å². The lowest BCUT2D eigenvalue weighted by atomic mass is 10.3. The molecule has 0 saturated carbocycles. The molecule has 0 fully saturated rings. The van der Waals surface area contributed by atoms with Gasteiger partial charge in [0.2, 0.25) is 0 Å². The summed E-state index contributed by atoms with van der Waals surface area (Å²) in [5.74, 6) is 0.434. The third kappa shape index (κ3) is 5.16. The Balaban J connectivity index is 2.51. The summed E-state index contributed by atoms with van der Waals surface area (Å²) in [6.07, 6.45) is -2.38. The van der Waals surface area contributed by atoms with E-state index in [0.29, 0.717) is 5.75 Å². The Labute approximate surface area is 107 Å². The lowest BCUT2D eigenvalue weighted by Crippen LogP contribution is -2.46. The normalized spacial score (nSPS) is 14.1. The Kier molecular flexibility index (Phi) is 5.61. The topological polar surface area (TPSA) is 67.8 Å². The van der Waals surface area contributed by atoms with E-state index in [0.717, 1.165) is 0 Å². The van der Waals surface area contributed by atoms with Crippen molar-refractivity contribution in [3.05, 3.63) is 30.3 Å². The van der Waals surface area contributed by atoms with E-state index in [1.165, 1.54) is 6.92 Å². The predicted molar refractivity (Wildman–Crippen MR) is 67.3 cm³/mol. The second-order valence-corrected chi connectivity index (χ2v) is 4.19. The lowest BCUT2D eigenvalue weighted by Gasteiger charge is -2.23. The zero-order valence-corrected chi connectivity index (χ0v) is 10.8. The Morgan fingerprint density at radius 2 is 1.83 bits per heavy atom. The largest absolute Gasteiger partial charge is 0.414 e. The first kappa shape index (κ1) is 14.5. The highest BCUT2D eigenvalue weighted by Crippen LogP contribution is 2.09. The second kappa shape index (κ2) is 6.98. The van der Waals surface area contributed by atoms with Crippen LogP contribution in [0.3, 0.4) is 0 Å². The van der Waals surface area contributed by atoms with Crippen molar-refractivity contribution >= 4 is 6.09 Å². The van der Waals surface area contributed by atoms with Crippen LogP contribution >= 0.6 is 0 Å². The number of carbonyl (C=O) groups excluding carboxylic acids is 1. The van der Waals surface area contributed by atoms with Crippen LogP contribution < -0.4 is 10.1 Å². The van der Waals surface area contributed by atoms with E-state index < -0.39 is 18.4 Å². The first-order valence-corrected chi connectivity index (χ1v) is 5.86. The van der Waals surface area contributed by atoms with Gasteiger partial charge in [-0.15, -0.1) is 0 Å². The van der Waals surface area contributed by atoms with E-state index in [1.807, 2.05) is 19.9 Å². The molecule has 0 aromatic heterocycles. The second-order valence-electron chi connectivity index (χ2n) is 4.19. The maximum atomic E-state index is 11.6. The number of para-hydroxylation sites is 1. The monoisotopic (exact) mass is 253 g/mol. The standard InChI is InChI=1S/C13H19NO4/c1-9(2)17-12(10(3)15)14-13(16)18-11-7-5-4-6-8-11/h4-10,12,15H,1-3H3,(H,14,16). The summed E-state index contributed by atoms with van der Waals surface area (Å²) in [6.45, 7) is 5.18. The number of hydrogen-bond donors (Lipinski definition) is 2. The van der Waals surface area contributed by atoms with Crippen molar-refractivity contribution in [1.82, 2.24) is 5.32 Å². The summed E-state index contributed by atoms with van der Waals surface area (Å²) in [7, 11) is 0. The number of aliphatic hydroxyl groups is 1. The quantitative estimate of drug-likeness (QED) is 0.786. The van der Waals surface area contributed by atoms with Gasteiger partial charge in [0, 0.05) is 0 Å². The van der Waals surface area contributed by atoms with Gasteiger partial charge in [0.05, 0.1) is 12.2 Å². The molecule has 100 valence electrons. The molecule has 0 aliphatic rings. The highest BCUT2D eigenvalue weighted by Gasteiger charge is 2.20. The number of benzene rings is 1. The molecule has 2 unspecified atom stereocenters. The average molecular weight is 253 g/mol. The Morgan fingerprint density at radius 1 is 1.22 bits per heavy atom. The van der Waals surface area contributed by atoms with Crippen LogP contribution in [-0.4, -0.2) is 29.6 Å². The van der Waals surface area contributed by atoms with E-state index in [4.69, 9.17) is 9.47 Å². The Morgan fingerprint density at radius 3 is 2.33 bits per heavy atom. The highest BCUT2D eigenvalue weighted by atomic mass is 16.6. The van der Waals surface area contributed by atoms with Crippen LogP contribution in [0.1, 0.15) is 20.8 Å². The van der Waals surface area contributed by atoms with E-state index in [-0.39, 0.29) is 6.10 Å². The van der Waals surface area contributed by atoms with Crippen molar-refractivity contribution in [2.75, 3.05) is 0 Å². The molecule has 5 heteroatoms. The Hall–Kier alpha value is -1.59. The maximum absolute atomic E-state index is 11.6. The number of hydrogen-bond acceptors (Lipinski definition) is 4. The molecule has 18 heavy (non-hydrogen) atoms. The minimum atomic E-state index is -0.823. The Bertz CT molecular complexity index is 365. The lowest BCUT2D eigenvalue weighted by molar-refractivity contribution is -0.0708. The summed E-state index contributed by atoms with van der Waals surface area (Å²) in [5.41, 5.74) is 0. The van der Waals surface area contributed by atoms with Crippen LogP contribution in [0.15, 0.2) is 30.3 Å². The summed E-state index contributed by atoms with van der Waals surface area (Å²) in [4.78, 5) is 11.6. The minimum Gasteiger partial charge on any atom is -0.410 e. The molecule has 1 aromatic carbocycles. The van der Waals surface area contributed by atoms with Crippen molar-refractivity contribution in [1.29, 1.82) is 0 Å². The van der Waals surface area contributed by atoms with Crippen molar-refractivity contribution in [2.24, 2.45) is 0 Å². The molecule has 1 amide bonds. The molecule has 2 atom stereocenters. The van der Waals surface area contributed by atoms with Crippen LogP contribution in [-0.2, 0) is 4.74 Å². The van der Waals surface area contributed by atoms with E-state index in [1.54, 1.807) is 24.3 Å². The smallest absolute Gasteiger partial charge is 0.410 e. The summed E-state index contributed by atoms with van der Waals surface area (Å²) >= 11 is 0. The molecule has 0 spiro atoms. The van der Waals surface area contributed by atoms with Crippen molar-refractivity contribution in [3.8, 4) is 5.75 Å². The van der Waals surface area contributed by atoms with Gasteiger partial charge in [-0.3, -0.25) is 5.32 Å². The highest BCUT2D eigenvalue weighted by molar-refractivity contribution is 5.70. The van der Waals surface area contributed by atoms with Crippen LogP contribution in [0.25, 0.3) is 0 Å². The third-order valence-electron chi connectivity index (χ3n) is 2.07. The zero-order chi connectivity index (χ0) is 13.5. The van der Waals surface area contributed by atoms with Crippen molar-refractivity contribution in [2.45, 2.75) is 39.2 Å². The zero-order valence-electron chi connectivity index (χ0n) is 10.8. The molecule has 0 radical (unpaired) electrons. The van der Waals surface area contributed by atoms with Crippen molar-refractivity contribution in [3.63, 3.8) is 0 Å². The van der Waals surface area contributed by atoms with Gasteiger partial charge in [-0.2, -0.15) is 0 Å². The fourth-order valence-corrected chi connectivity index (χ4v) is 1.30. The number of ether oxygens (including phenoxy) is 2.